The standard InChI is InChI=1S/C16H16ClN3O/c17-14-4-3-5-15(13(14)7-8-18)21-11-12-10-20-9-2-1-6-16(20)19-12/h1-6,9-10H,7-8,11,18H2. The summed E-state index contributed by atoms with van der Waals surface area (Å²) in [6.45, 7) is 0.939. The fourth-order valence-electron chi connectivity index (χ4n) is 2.27. The number of benzene rings is 1. The molecule has 0 atom stereocenters. The summed E-state index contributed by atoms with van der Waals surface area (Å²) in [5.41, 5.74) is 8.36. The highest BCUT2D eigenvalue weighted by molar-refractivity contribution is 6.31. The van der Waals surface area contributed by atoms with Crippen LogP contribution < -0.4 is 10.5 Å². The first-order valence-electron chi connectivity index (χ1n) is 6.81. The minimum atomic E-state index is 0.402. The summed E-state index contributed by atoms with van der Waals surface area (Å²) in [5, 5.41) is 0.688. The van der Waals surface area contributed by atoms with E-state index in [1.54, 1.807) is 0 Å². The van der Waals surface area contributed by atoms with E-state index in [1.165, 1.54) is 0 Å². The molecule has 0 amide bonds. The third-order valence-corrected chi connectivity index (χ3v) is 3.61. The predicted molar refractivity (Wildman–Crippen MR) is 83.7 cm³/mol. The van der Waals surface area contributed by atoms with Crippen molar-refractivity contribution in [2.24, 2.45) is 5.73 Å². The van der Waals surface area contributed by atoms with Crippen LogP contribution in [0.4, 0.5) is 0 Å². The number of pyridine rings is 1. The highest BCUT2D eigenvalue weighted by Gasteiger charge is 2.09. The number of hydrogen-bond donors (Lipinski definition) is 1. The number of aromatic nitrogens is 2. The number of nitrogens with zero attached hydrogens (tertiary/aromatic N) is 2. The Morgan fingerprint density at radius 3 is 2.90 bits per heavy atom. The van der Waals surface area contributed by atoms with E-state index in [0.717, 1.165) is 22.7 Å². The molecule has 1 aromatic carbocycles. The smallest absolute Gasteiger partial charge is 0.137 e. The zero-order chi connectivity index (χ0) is 14.7. The minimum absolute atomic E-state index is 0.402. The van der Waals surface area contributed by atoms with Gasteiger partial charge >= 0.3 is 0 Å². The molecule has 2 heterocycles. The van der Waals surface area contributed by atoms with Crippen LogP contribution in [-0.4, -0.2) is 15.9 Å². The van der Waals surface area contributed by atoms with Crippen LogP contribution in [0, 0.1) is 0 Å². The third kappa shape index (κ3) is 3.01. The maximum atomic E-state index is 6.20. The summed E-state index contributed by atoms with van der Waals surface area (Å²) in [4.78, 5) is 4.51. The molecule has 0 spiro atoms. The maximum Gasteiger partial charge on any atom is 0.137 e. The first kappa shape index (κ1) is 13.9. The number of halogens is 1. The summed E-state index contributed by atoms with van der Waals surface area (Å²) >= 11 is 6.20. The largest absolute Gasteiger partial charge is 0.487 e. The molecular formula is C16H16ClN3O. The molecule has 0 unspecified atom stereocenters. The van der Waals surface area contributed by atoms with Crippen molar-refractivity contribution in [2.75, 3.05) is 6.54 Å². The van der Waals surface area contributed by atoms with Crippen LogP contribution >= 0.6 is 11.6 Å². The van der Waals surface area contributed by atoms with Crippen LogP contribution in [0.1, 0.15) is 11.3 Å². The van der Waals surface area contributed by atoms with Crippen LogP contribution in [0.25, 0.3) is 5.65 Å². The Bertz CT molecular complexity index is 721. The van der Waals surface area contributed by atoms with Crippen molar-refractivity contribution in [2.45, 2.75) is 13.0 Å². The van der Waals surface area contributed by atoms with E-state index in [-0.39, 0.29) is 0 Å². The van der Waals surface area contributed by atoms with Gasteiger partial charge in [0.15, 0.2) is 0 Å². The van der Waals surface area contributed by atoms with Gasteiger partial charge in [-0.25, -0.2) is 4.98 Å². The van der Waals surface area contributed by atoms with Gasteiger partial charge in [-0.05, 0) is 37.2 Å². The van der Waals surface area contributed by atoms with Gasteiger partial charge in [-0.15, -0.1) is 0 Å². The van der Waals surface area contributed by atoms with Crippen molar-refractivity contribution in [3.63, 3.8) is 0 Å². The van der Waals surface area contributed by atoms with Crippen LogP contribution in [0.3, 0.4) is 0 Å². The molecule has 0 fully saturated rings. The van der Waals surface area contributed by atoms with E-state index in [9.17, 15) is 0 Å². The van der Waals surface area contributed by atoms with Crippen LogP contribution in [0.5, 0.6) is 5.75 Å². The van der Waals surface area contributed by atoms with E-state index in [2.05, 4.69) is 4.98 Å². The van der Waals surface area contributed by atoms with Gasteiger partial charge in [0.05, 0.1) is 5.69 Å². The SMILES string of the molecule is NCCc1c(Cl)cccc1OCc1cn2ccccc2n1. The molecule has 0 aliphatic heterocycles. The molecule has 2 N–H and O–H groups in total. The summed E-state index contributed by atoms with van der Waals surface area (Å²) in [5.74, 6) is 0.769. The Kier molecular flexibility index (Phi) is 4.08. The van der Waals surface area contributed by atoms with Crippen molar-refractivity contribution in [1.29, 1.82) is 0 Å². The number of fused-ring (bicyclic) bond motifs is 1. The molecule has 0 saturated carbocycles. The highest BCUT2D eigenvalue weighted by atomic mass is 35.5. The summed E-state index contributed by atoms with van der Waals surface area (Å²) < 4.78 is 7.84. The first-order chi connectivity index (χ1) is 10.3. The molecule has 21 heavy (non-hydrogen) atoms. The van der Waals surface area contributed by atoms with Gasteiger partial charge < -0.3 is 14.9 Å². The van der Waals surface area contributed by atoms with Crippen molar-refractivity contribution in [3.05, 3.63) is 65.1 Å². The lowest BCUT2D eigenvalue weighted by atomic mass is 10.1. The Hall–Kier alpha value is -2.04. The molecular weight excluding hydrogens is 286 g/mol. The maximum absolute atomic E-state index is 6.20. The number of ether oxygens (including phenoxy) is 1. The van der Waals surface area contributed by atoms with Gasteiger partial charge in [0.2, 0.25) is 0 Å². The van der Waals surface area contributed by atoms with Crippen molar-refractivity contribution in [1.82, 2.24) is 9.38 Å². The lowest BCUT2D eigenvalue weighted by Crippen LogP contribution is -2.06. The Balaban J connectivity index is 1.79. The highest BCUT2D eigenvalue weighted by Crippen LogP contribution is 2.27. The average Bonchev–Trinajstić information content (AvgIpc) is 2.91. The molecule has 0 aliphatic carbocycles. The van der Waals surface area contributed by atoms with Crippen molar-refractivity contribution in [3.8, 4) is 5.75 Å². The molecule has 0 bridgehead atoms. The van der Waals surface area contributed by atoms with E-state index < -0.39 is 0 Å². The van der Waals surface area contributed by atoms with E-state index in [4.69, 9.17) is 22.1 Å². The molecule has 0 aliphatic rings. The van der Waals surface area contributed by atoms with E-state index in [1.807, 2.05) is 53.2 Å². The summed E-state index contributed by atoms with van der Waals surface area (Å²) in [6.07, 6.45) is 4.62. The van der Waals surface area contributed by atoms with Crippen molar-refractivity contribution >= 4 is 17.2 Å². The fourth-order valence-corrected chi connectivity index (χ4v) is 2.53. The van der Waals surface area contributed by atoms with Gasteiger partial charge in [-0.2, -0.15) is 0 Å². The monoisotopic (exact) mass is 301 g/mol. The zero-order valence-electron chi connectivity index (χ0n) is 11.5. The van der Waals surface area contributed by atoms with E-state index >= 15 is 0 Å². The third-order valence-electron chi connectivity index (χ3n) is 3.26. The molecule has 4 nitrogen and oxygen atoms in total. The predicted octanol–water partition coefficient (Wildman–Crippen LogP) is 3.07. The Morgan fingerprint density at radius 2 is 2.10 bits per heavy atom. The lowest BCUT2D eigenvalue weighted by Gasteiger charge is -2.11. The van der Waals surface area contributed by atoms with E-state index in [0.29, 0.717) is 24.6 Å². The molecule has 0 saturated heterocycles. The molecule has 108 valence electrons. The van der Waals surface area contributed by atoms with Crippen LogP contribution in [0.15, 0.2) is 48.8 Å². The molecule has 2 aromatic heterocycles. The number of imidazole rings is 1. The molecule has 5 heteroatoms. The number of nitrogens with two attached hydrogens (primary N) is 1. The second-order valence-corrected chi connectivity index (χ2v) is 5.15. The van der Waals surface area contributed by atoms with Gasteiger partial charge in [0.25, 0.3) is 0 Å². The fraction of sp³-hybridized carbons (Fsp3) is 0.188. The lowest BCUT2D eigenvalue weighted by molar-refractivity contribution is 0.299. The van der Waals surface area contributed by atoms with Gasteiger partial charge in [0.1, 0.15) is 18.0 Å². The second kappa shape index (κ2) is 6.16. The molecule has 0 radical (unpaired) electrons. The second-order valence-electron chi connectivity index (χ2n) is 4.74. The normalized spacial score (nSPS) is 11.0. The first-order valence-corrected chi connectivity index (χ1v) is 7.18. The number of hydrogen-bond acceptors (Lipinski definition) is 3. The Morgan fingerprint density at radius 1 is 1.19 bits per heavy atom. The quantitative estimate of drug-likeness (QED) is 0.788. The number of rotatable bonds is 5. The van der Waals surface area contributed by atoms with Crippen LogP contribution in [-0.2, 0) is 13.0 Å². The molecule has 3 rings (SSSR count). The summed E-state index contributed by atoms with van der Waals surface area (Å²) in [6, 6.07) is 11.5. The zero-order valence-corrected chi connectivity index (χ0v) is 12.3. The van der Waals surface area contributed by atoms with Gasteiger partial charge in [0, 0.05) is 23.0 Å². The topological polar surface area (TPSA) is 52.5 Å². The summed E-state index contributed by atoms with van der Waals surface area (Å²) in [7, 11) is 0. The molecule has 3 aromatic rings. The average molecular weight is 302 g/mol. The van der Waals surface area contributed by atoms with Gasteiger partial charge in [-0.3, -0.25) is 0 Å². The minimum Gasteiger partial charge on any atom is -0.487 e. The van der Waals surface area contributed by atoms with Gasteiger partial charge in [-0.1, -0.05) is 23.7 Å². The van der Waals surface area contributed by atoms with Crippen molar-refractivity contribution < 1.29 is 4.74 Å². The van der Waals surface area contributed by atoms with Crippen LogP contribution in [0.2, 0.25) is 5.02 Å². The Labute approximate surface area is 128 Å².